The standard InChI is InChI=1S/C23H25FN6O/c1-30(8-3-9-31)23-19-12-16(17-13-26-27-14-17)6-7-21(19)28-22(29-23)20(25)11-15-4-2-5-18(24)10-15/h2,4-7,10,12-14,20,31H,3,8-9,11,25H2,1H3,(H,26,27)/t20-/m1/s1. The second-order valence-corrected chi connectivity index (χ2v) is 7.56. The van der Waals surface area contributed by atoms with E-state index in [0.717, 1.165) is 33.4 Å². The zero-order valence-corrected chi connectivity index (χ0v) is 17.3. The molecule has 31 heavy (non-hydrogen) atoms. The Labute approximate surface area is 179 Å². The Morgan fingerprint density at radius 2 is 2.03 bits per heavy atom. The summed E-state index contributed by atoms with van der Waals surface area (Å²) >= 11 is 0. The Morgan fingerprint density at radius 1 is 1.16 bits per heavy atom. The molecule has 0 fully saturated rings. The van der Waals surface area contributed by atoms with E-state index < -0.39 is 6.04 Å². The first-order valence-corrected chi connectivity index (χ1v) is 10.2. The molecule has 0 saturated heterocycles. The molecule has 8 heteroatoms. The van der Waals surface area contributed by atoms with Crippen LogP contribution in [0.1, 0.15) is 23.9 Å². The largest absolute Gasteiger partial charge is 0.396 e. The van der Waals surface area contributed by atoms with Crippen molar-refractivity contribution in [1.29, 1.82) is 0 Å². The van der Waals surface area contributed by atoms with Crippen LogP contribution in [0.25, 0.3) is 22.0 Å². The maximum absolute atomic E-state index is 13.6. The Hall–Kier alpha value is -3.36. The van der Waals surface area contributed by atoms with Crippen LogP contribution in [-0.4, -0.2) is 45.5 Å². The Kier molecular flexibility index (Phi) is 6.20. The molecular weight excluding hydrogens is 395 g/mol. The van der Waals surface area contributed by atoms with Crippen molar-refractivity contribution < 1.29 is 9.50 Å². The van der Waals surface area contributed by atoms with E-state index in [0.29, 0.717) is 25.2 Å². The molecule has 0 spiro atoms. The number of aliphatic hydroxyl groups excluding tert-OH is 1. The van der Waals surface area contributed by atoms with Crippen molar-refractivity contribution in [1.82, 2.24) is 20.2 Å². The van der Waals surface area contributed by atoms with Crippen molar-refractivity contribution in [2.24, 2.45) is 5.73 Å². The van der Waals surface area contributed by atoms with Gasteiger partial charge in [0.15, 0.2) is 0 Å². The minimum Gasteiger partial charge on any atom is -0.396 e. The summed E-state index contributed by atoms with van der Waals surface area (Å²) in [6.07, 6.45) is 4.64. The van der Waals surface area contributed by atoms with E-state index >= 15 is 0 Å². The van der Waals surface area contributed by atoms with Crippen molar-refractivity contribution in [2.45, 2.75) is 18.9 Å². The second-order valence-electron chi connectivity index (χ2n) is 7.56. The van der Waals surface area contributed by atoms with Gasteiger partial charge in [-0.3, -0.25) is 5.10 Å². The number of halogens is 1. The minimum atomic E-state index is -0.482. The number of nitrogens with two attached hydrogens (primary N) is 1. The van der Waals surface area contributed by atoms with Gasteiger partial charge in [0.25, 0.3) is 0 Å². The molecule has 4 aromatic rings. The number of nitrogens with zero attached hydrogens (tertiary/aromatic N) is 4. The van der Waals surface area contributed by atoms with E-state index in [-0.39, 0.29) is 12.4 Å². The molecule has 2 aromatic carbocycles. The summed E-state index contributed by atoms with van der Waals surface area (Å²) in [6, 6.07) is 11.9. The van der Waals surface area contributed by atoms with Crippen molar-refractivity contribution >= 4 is 16.7 Å². The van der Waals surface area contributed by atoms with Gasteiger partial charge in [-0.2, -0.15) is 5.10 Å². The molecule has 1 atom stereocenters. The molecule has 2 aromatic heterocycles. The Balaban J connectivity index is 1.75. The number of aliphatic hydroxyl groups is 1. The van der Waals surface area contributed by atoms with Gasteiger partial charge in [0.2, 0.25) is 0 Å². The van der Waals surface area contributed by atoms with Gasteiger partial charge < -0.3 is 15.7 Å². The highest BCUT2D eigenvalue weighted by atomic mass is 19.1. The predicted molar refractivity (Wildman–Crippen MR) is 119 cm³/mol. The van der Waals surface area contributed by atoms with E-state index in [1.165, 1.54) is 12.1 Å². The summed E-state index contributed by atoms with van der Waals surface area (Å²) < 4.78 is 13.6. The molecule has 0 saturated carbocycles. The highest BCUT2D eigenvalue weighted by Crippen LogP contribution is 2.30. The molecule has 0 aliphatic carbocycles. The van der Waals surface area contributed by atoms with E-state index in [1.54, 1.807) is 12.3 Å². The first-order chi connectivity index (χ1) is 15.0. The molecule has 160 valence electrons. The molecule has 0 aliphatic heterocycles. The van der Waals surface area contributed by atoms with Gasteiger partial charge in [-0.25, -0.2) is 14.4 Å². The number of benzene rings is 2. The van der Waals surface area contributed by atoms with Crippen LogP contribution in [0.3, 0.4) is 0 Å². The summed E-state index contributed by atoms with van der Waals surface area (Å²) in [4.78, 5) is 11.5. The SMILES string of the molecule is CN(CCCO)c1nc([C@H](N)Cc2cccc(F)c2)nc2ccc(-c3cn[nH]c3)cc12. The van der Waals surface area contributed by atoms with Gasteiger partial charge >= 0.3 is 0 Å². The maximum atomic E-state index is 13.6. The fourth-order valence-electron chi connectivity index (χ4n) is 3.60. The lowest BCUT2D eigenvalue weighted by Gasteiger charge is -2.22. The summed E-state index contributed by atoms with van der Waals surface area (Å²) in [5, 5.41) is 17.0. The quantitative estimate of drug-likeness (QED) is 0.404. The van der Waals surface area contributed by atoms with Crippen molar-refractivity contribution in [3.63, 3.8) is 0 Å². The fourth-order valence-corrected chi connectivity index (χ4v) is 3.60. The van der Waals surface area contributed by atoms with Crippen LogP contribution in [0.2, 0.25) is 0 Å². The van der Waals surface area contributed by atoms with Crippen LogP contribution in [0.5, 0.6) is 0 Å². The third-order valence-corrected chi connectivity index (χ3v) is 5.21. The third kappa shape index (κ3) is 4.70. The number of fused-ring (bicyclic) bond motifs is 1. The second kappa shape index (κ2) is 9.20. The lowest BCUT2D eigenvalue weighted by Crippen LogP contribution is -2.24. The smallest absolute Gasteiger partial charge is 0.148 e. The van der Waals surface area contributed by atoms with E-state index in [1.807, 2.05) is 42.4 Å². The average Bonchev–Trinajstić information content (AvgIpc) is 3.31. The molecule has 0 radical (unpaired) electrons. The maximum Gasteiger partial charge on any atom is 0.148 e. The van der Waals surface area contributed by atoms with Crippen molar-refractivity contribution in [3.05, 3.63) is 72.1 Å². The minimum absolute atomic E-state index is 0.0968. The van der Waals surface area contributed by atoms with Crippen LogP contribution < -0.4 is 10.6 Å². The molecule has 0 amide bonds. The molecular formula is C23H25FN6O. The van der Waals surface area contributed by atoms with Crippen molar-refractivity contribution in [2.75, 3.05) is 25.1 Å². The van der Waals surface area contributed by atoms with Crippen molar-refractivity contribution in [3.8, 4) is 11.1 Å². The van der Waals surface area contributed by atoms with Crippen LogP contribution in [0, 0.1) is 5.82 Å². The number of nitrogens with one attached hydrogen (secondary N) is 1. The lowest BCUT2D eigenvalue weighted by atomic mass is 10.0. The fraction of sp³-hybridized carbons (Fsp3) is 0.261. The number of aromatic nitrogens is 4. The lowest BCUT2D eigenvalue weighted by molar-refractivity contribution is 0.290. The number of rotatable bonds is 8. The Morgan fingerprint density at radius 3 is 2.77 bits per heavy atom. The third-order valence-electron chi connectivity index (χ3n) is 5.21. The van der Waals surface area contributed by atoms with Gasteiger partial charge in [0.1, 0.15) is 17.5 Å². The normalized spacial score (nSPS) is 12.3. The van der Waals surface area contributed by atoms with E-state index in [4.69, 9.17) is 15.7 Å². The highest BCUT2D eigenvalue weighted by molar-refractivity contribution is 5.93. The number of hydrogen-bond donors (Lipinski definition) is 3. The van der Waals surface area contributed by atoms with Gasteiger partial charge in [0, 0.05) is 37.3 Å². The monoisotopic (exact) mass is 420 g/mol. The van der Waals surface area contributed by atoms with E-state index in [9.17, 15) is 9.50 Å². The molecule has 4 rings (SSSR count). The first-order valence-electron chi connectivity index (χ1n) is 10.2. The summed E-state index contributed by atoms with van der Waals surface area (Å²) in [7, 11) is 1.93. The number of H-pyrrole nitrogens is 1. The average molecular weight is 420 g/mol. The molecule has 2 heterocycles. The van der Waals surface area contributed by atoms with Crippen LogP contribution >= 0.6 is 0 Å². The highest BCUT2D eigenvalue weighted by Gasteiger charge is 2.17. The molecule has 0 aliphatic rings. The zero-order chi connectivity index (χ0) is 21.8. The van der Waals surface area contributed by atoms with Gasteiger partial charge in [-0.15, -0.1) is 0 Å². The topological polar surface area (TPSA) is 104 Å². The summed E-state index contributed by atoms with van der Waals surface area (Å²) in [6.45, 7) is 0.733. The summed E-state index contributed by atoms with van der Waals surface area (Å²) in [5.74, 6) is 0.951. The van der Waals surface area contributed by atoms with Crippen LogP contribution in [-0.2, 0) is 6.42 Å². The molecule has 7 nitrogen and oxygen atoms in total. The van der Waals surface area contributed by atoms with Gasteiger partial charge in [0.05, 0.1) is 17.8 Å². The van der Waals surface area contributed by atoms with E-state index in [2.05, 4.69) is 10.2 Å². The first kappa shape index (κ1) is 20.9. The van der Waals surface area contributed by atoms with Crippen LogP contribution in [0.4, 0.5) is 10.2 Å². The molecule has 0 unspecified atom stereocenters. The molecule has 0 bridgehead atoms. The van der Waals surface area contributed by atoms with Crippen LogP contribution in [0.15, 0.2) is 54.9 Å². The number of anilines is 1. The number of aromatic amines is 1. The summed E-state index contributed by atoms with van der Waals surface area (Å²) in [5.41, 5.74) is 9.96. The van der Waals surface area contributed by atoms with Gasteiger partial charge in [-0.05, 0) is 48.2 Å². The molecule has 4 N–H and O–H groups in total. The Bertz CT molecular complexity index is 1160. The predicted octanol–water partition coefficient (Wildman–Crippen LogP) is 3.22. The van der Waals surface area contributed by atoms with Gasteiger partial charge in [-0.1, -0.05) is 18.2 Å². The number of hydrogen-bond acceptors (Lipinski definition) is 6. The zero-order valence-electron chi connectivity index (χ0n) is 17.3.